The molecule has 3 rings (SSSR count). The first kappa shape index (κ1) is 21.7. The van der Waals surface area contributed by atoms with Gasteiger partial charge in [-0.15, -0.1) is 0 Å². The van der Waals surface area contributed by atoms with Crippen LogP contribution in [0, 0.1) is 13.8 Å². The van der Waals surface area contributed by atoms with Crippen molar-refractivity contribution in [3.05, 3.63) is 75.5 Å². The predicted octanol–water partition coefficient (Wildman–Crippen LogP) is 4.94. The molecule has 0 saturated heterocycles. The fourth-order valence-corrected chi connectivity index (χ4v) is 3.32. The van der Waals surface area contributed by atoms with Crippen molar-refractivity contribution in [3.63, 3.8) is 0 Å². The van der Waals surface area contributed by atoms with E-state index < -0.39 is 0 Å². The number of carbonyl (C=O) groups is 1. The predicted molar refractivity (Wildman–Crippen MR) is 119 cm³/mol. The summed E-state index contributed by atoms with van der Waals surface area (Å²) < 4.78 is 12.7. The Kier molecular flexibility index (Phi) is 7.03. The van der Waals surface area contributed by atoms with Gasteiger partial charge in [0.1, 0.15) is 0 Å². The van der Waals surface area contributed by atoms with E-state index in [1.165, 1.54) is 0 Å². The van der Waals surface area contributed by atoms with Gasteiger partial charge in [0, 0.05) is 22.6 Å². The zero-order valence-corrected chi connectivity index (χ0v) is 18.3. The lowest BCUT2D eigenvalue weighted by atomic mass is 10.2. The average molecular weight is 446 g/mol. The van der Waals surface area contributed by atoms with Crippen LogP contribution in [0.5, 0.6) is 11.5 Å². The highest BCUT2D eigenvalue weighted by atomic mass is 35.5. The Morgan fingerprint density at radius 2 is 1.83 bits per heavy atom. The minimum absolute atomic E-state index is 0.181. The molecule has 6 nitrogen and oxygen atoms in total. The molecule has 0 fully saturated rings. The molecule has 1 aromatic heterocycles. The van der Waals surface area contributed by atoms with Gasteiger partial charge in [0.2, 0.25) is 0 Å². The van der Waals surface area contributed by atoms with Crippen molar-refractivity contribution in [2.75, 3.05) is 13.7 Å². The topological polar surface area (TPSA) is 64.8 Å². The Morgan fingerprint density at radius 1 is 1.10 bits per heavy atom. The number of aromatic nitrogens is 1. The molecule has 8 heteroatoms. The molecule has 1 heterocycles. The molecule has 0 radical (unpaired) electrons. The molecule has 0 spiro atoms. The number of hydrogen-bond acceptors (Lipinski definition) is 4. The molecule has 0 saturated carbocycles. The molecule has 0 bridgehead atoms. The van der Waals surface area contributed by atoms with Gasteiger partial charge in [0.05, 0.1) is 23.4 Å². The van der Waals surface area contributed by atoms with E-state index >= 15 is 0 Å². The number of benzene rings is 2. The molecular weight excluding hydrogens is 425 g/mol. The summed E-state index contributed by atoms with van der Waals surface area (Å²) in [5.41, 5.74) is 6.18. The van der Waals surface area contributed by atoms with Crippen molar-refractivity contribution in [1.29, 1.82) is 0 Å². The number of nitrogens with zero attached hydrogens (tertiary/aromatic N) is 2. The van der Waals surface area contributed by atoms with Gasteiger partial charge >= 0.3 is 0 Å². The van der Waals surface area contributed by atoms with Crippen LogP contribution < -0.4 is 14.9 Å². The fraction of sp³-hybridized carbons (Fsp3) is 0.182. The number of rotatable bonds is 7. The van der Waals surface area contributed by atoms with Crippen LogP contribution >= 0.6 is 23.2 Å². The van der Waals surface area contributed by atoms with Gasteiger partial charge < -0.3 is 14.0 Å². The molecular formula is C22H21Cl2N3O3. The molecule has 1 N–H and O–H groups in total. The summed E-state index contributed by atoms with van der Waals surface area (Å²) in [4.78, 5) is 12.0. The van der Waals surface area contributed by atoms with Gasteiger partial charge in [0.25, 0.3) is 5.91 Å². The Bertz CT molecular complexity index is 1090. The van der Waals surface area contributed by atoms with E-state index in [1.54, 1.807) is 37.6 Å². The van der Waals surface area contributed by atoms with E-state index in [0.29, 0.717) is 21.5 Å². The minimum Gasteiger partial charge on any atom is -0.493 e. The molecule has 30 heavy (non-hydrogen) atoms. The maximum Gasteiger partial charge on any atom is 0.277 e. The summed E-state index contributed by atoms with van der Waals surface area (Å²) >= 11 is 12.2. The number of carbonyl (C=O) groups excluding carboxylic acids is 1. The third kappa shape index (κ3) is 4.96. The van der Waals surface area contributed by atoms with Crippen LogP contribution in [-0.4, -0.2) is 30.4 Å². The Hall–Kier alpha value is -2.96. The molecule has 0 aliphatic carbocycles. The summed E-state index contributed by atoms with van der Waals surface area (Å²) in [6.45, 7) is 3.76. The maximum absolute atomic E-state index is 12.0. The standard InChI is InChI=1S/C22H21Cl2N3O3/c1-14-10-16(15(2)27(14)17-8-9-18(23)19(24)11-17)12-25-26-22(28)13-30-21-7-5-4-6-20(21)29-3/h4-12H,13H2,1-3H3,(H,26,28)/b25-12+. The smallest absolute Gasteiger partial charge is 0.277 e. The number of amides is 1. The zero-order chi connectivity index (χ0) is 21.7. The first-order valence-corrected chi connectivity index (χ1v) is 9.88. The number of ether oxygens (including phenoxy) is 2. The van der Waals surface area contributed by atoms with Gasteiger partial charge in [-0.3, -0.25) is 4.79 Å². The van der Waals surface area contributed by atoms with Crippen LogP contribution in [-0.2, 0) is 4.79 Å². The van der Waals surface area contributed by atoms with Gasteiger partial charge in [-0.2, -0.15) is 5.10 Å². The van der Waals surface area contributed by atoms with Crippen molar-refractivity contribution in [2.45, 2.75) is 13.8 Å². The summed E-state index contributed by atoms with van der Waals surface area (Å²) in [5.74, 6) is 0.670. The van der Waals surface area contributed by atoms with E-state index in [-0.39, 0.29) is 12.5 Å². The third-order valence-electron chi connectivity index (χ3n) is 4.45. The first-order valence-electron chi connectivity index (χ1n) is 9.12. The molecule has 2 aromatic carbocycles. The number of halogens is 2. The van der Waals surface area contributed by atoms with Gasteiger partial charge in [0.15, 0.2) is 18.1 Å². The van der Waals surface area contributed by atoms with E-state index in [2.05, 4.69) is 10.5 Å². The highest BCUT2D eigenvalue weighted by Crippen LogP contribution is 2.27. The Labute approximate surface area is 185 Å². The largest absolute Gasteiger partial charge is 0.493 e. The normalized spacial score (nSPS) is 11.0. The van der Waals surface area contributed by atoms with Gasteiger partial charge in [-0.05, 0) is 50.2 Å². The van der Waals surface area contributed by atoms with E-state index in [0.717, 1.165) is 22.6 Å². The summed E-state index contributed by atoms with van der Waals surface area (Å²) in [6.07, 6.45) is 1.59. The van der Waals surface area contributed by atoms with Crippen LogP contribution in [0.25, 0.3) is 5.69 Å². The number of aryl methyl sites for hydroxylation is 1. The third-order valence-corrected chi connectivity index (χ3v) is 5.19. The number of para-hydroxylation sites is 2. The van der Waals surface area contributed by atoms with Crippen molar-refractivity contribution in [2.24, 2.45) is 5.10 Å². The molecule has 1 amide bonds. The molecule has 3 aromatic rings. The number of hydrogen-bond donors (Lipinski definition) is 1. The SMILES string of the molecule is COc1ccccc1OCC(=O)N/N=C/c1cc(C)n(-c2ccc(Cl)c(Cl)c2)c1C. The van der Waals surface area contributed by atoms with Crippen LogP contribution in [0.2, 0.25) is 10.0 Å². The summed E-state index contributed by atoms with van der Waals surface area (Å²) in [6, 6.07) is 14.5. The summed E-state index contributed by atoms with van der Waals surface area (Å²) in [5, 5.41) is 5.03. The highest BCUT2D eigenvalue weighted by molar-refractivity contribution is 6.42. The van der Waals surface area contributed by atoms with Gasteiger partial charge in [-0.1, -0.05) is 35.3 Å². The second kappa shape index (κ2) is 9.69. The Morgan fingerprint density at radius 3 is 2.53 bits per heavy atom. The molecule has 0 unspecified atom stereocenters. The van der Waals surface area contributed by atoms with Crippen molar-refractivity contribution in [1.82, 2.24) is 9.99 Å². The Balaban J connectivity index is 1.65. The van der Waals surface area contributed by atoms with E-state index in [4.69, 9.17) is 32.7 Å². The summed E-state index contributed by atoms with van der Waals surface area (Å²) in [7, 11) is 1.54. The number of hydrazone groups is 1. The fourth-order valence-electron chi connectivity index (χ4n) is 3.03. The van der Waals surface area contributed by atoms with E-state index in [9.17, 15) is 4.79 Å². The number of nitrogens with one attached hydrogen (secondary N) is 1. The lowest BCUT2D eigenvalue weighted by Crippen LogP contribution is -2.24. The van der Waals surface area contributed by atoms with Crippen LogP contribution in [0.3, 0.4) is 0 Å². The number of methoxy groups -OCH3 is 1. The van der Waals surface area contributed by atoms with Crippen molar-refractivity contribution < 1.29 is 14.3 Å². The van der Waals surface area contributed by atoms with Crippen LogP contribution in [0.1, 0.15) is 17.0 Å². The molecule has 156 valence electrons. The van der Waals surface area contributed by atoms with Crippen LogP contribution in [0.15, 0.2) is 53.6 Å². The van der Waals surface area contributed by atoms with Crippen LogP contribution in [0.4, 0.5) is 0 Å². The zero-order valence-electron chi connectivity index (χ0n) is 16.8. The lowest BCUT2D eigenvalue weighted by Gasteiger charge is -2.10. The maximum atomic E-state index is 12.0. The molecule has 0 aliphatic heterocycles. The monoisotopic (exact) mass is 445 g/mol. The van der Waals surface area contributed by atoms with Gasteiger partial charge in [-0.25, -0.2) is 5.43 Å². The quantitative estimate of drug-likeness (QED) is 0.413. The van der Waals surface area contributed by atoms with Crippen molar-refractivity contribution in [3.8, 4) is 17.2 Å². The lowest BCUT2D eigenvalue weighted by molar-refractivity contribution is -0.123. The second-order valence-corrected chi connectivity index (χ2v) is 7.31. The second-order valence-electron chi connectivity index (χ2n) is 6.49. The molecule has 0 atom stereocenters. The van der Waals surface area contributed by atoms with E-state index in [1.807, 2.05) is 42.7 Å². The highest BCUT2D eigenvalue weighted by Gasteiger charge is 2.11. The molecule has 0 aliphatic rings. The average Bonchev–Trinajstić information content (AvgIpc) is 3.02. The first-order chi connectivity index (χ1) is 14.4. The minimum atomic E-state index is -0.379. The van der Waals surface area contributed by atoms with Crippen molar-refractivity contribution >= 4 is 35.3 Å².